The number of halogens is 2. The van der Waals surface area contributed by atoms with E-state index in [0.717, 1.165) is 12.1 Å². The van der Waals surface area contributed by atoms with Gasteiger partial charge in [0.2, 0.25) is 15.9 Å². The summed E-state index contributed by atoms with van der Waals surface area (Å²) in [6, 6.07) is 10.1. The SMILES string of the molecule is CCOc1ccccc1NC(=O)C(C)N1CCN(S(=O)(=O)c2ccc(F)c(Cl)c2)CC1. The average molecular weight is 470 g/mol. The normalized spacial score (nSPS) is 16.6. The number of piperazine rings is 1. The number of para-hydroxylation sites is 2. The van der Waals surface area contributed by atoms with Crippen LogP contribution in [0.2, 0.25) is 5.02 Å². The van der Waals surface area contributed by atoms with Crippen molar-refractivity contribution in [3.05, 3.63) is 53.3 Å². The molecule has 2 aromatic carbocycles. The zero-order valence-electron chi connectivity index (χ0n) is 17.3. The van der Waals surface area contributed by atoms with Gasteiger partial charge in [0.05, 0.1) is 28.3 Å². The van der Waals surface area contributed by atoms with Crippen LogP contribution in [0.5, 0.6) is 5.75 Å². The van der Waals surface area contributed by atoms with Crippen molar-refractivity contribution in [2.24, 2.45) is 0 Å². The molecule has 7 nitrogen and oxygen atoms in total. The molecule has 0 saturated carbocycles. The molecule has 1 N–H and O–H groups in total. The fourth-order valence-electron chi connectivity index (χ4n) is 3.37. The highest BCUT2D eigenvalue weighted by Crippen LogP contribution is 2.25. The first-order valence-electron chi connectivity index (χ1n) is 9.96. The van der Waals surface area contributed by atoms with Crippen molar-refractivity contribution in [1.29, 1.82) is 0 Å². The Balaban J connectivity index is 1.62. The van der Waals surface area contributed by atoms with Crippen LogP contribution >= 0.6 is 11.6 Å². The highest BCUT2D eigenvalue weighted by Gasteiger charge is 2.32. The molecule has 1 atom stereocenters. The Hall–Kier alpha value is -2.20. The van der Waals surface area contributed by atoms with Crippen LogP contribution in [0.15, 0.2) is 47.4 Å². The third-order valence-electron chi connectivity index (χ3n) is 5.17. The van der Waals surface area contributed by atoms with E-state index in [-0.39, 0.29) is 28.9 Å². The Kier molecular flexibility index (Phi) is 7.53. The van der Waals surface area contributed by atoms with Crippen LogP contribution in [0.25, 0.3) is 0 Å². The van der Waals surface area contributed by atoms with E-state index >= 15 is 0 Å². The van der Waals surface area contributed by atoms with Gasteiger partial charge in [-0.15, -0.1) is 0 Å². The Bertz CT molecular complexity index is 1040. The smallest absolute Gasteiger partial charge is 0.243 e. The number of hydrogen-bond acceptors (Lipinski definition) is 5. The predicted octanol–water partition coefficient (Wildman–Crippen LogP) is 3.21. The van der Waals surface area contributed by atoms with Crippen molar-refractivity contribution in [2.45, 2.75) is 24.8 Å². The van der Waals surface area contributed by atoms with Gasteiger partial charge in [0, 0.05) is 26.2 Å². The summed E-state index contributed by atoms with van der Waals surface area (Å²) in [4.78, 5) is 14.6. The van der Waals surface area contributed by atoms with E-state index in [0.29, 0.717) is 31.1 Å². The Morgan fingerprint density at radius 1 is 1.19 bits per heavy atom. The maximum absolute atomic E-state index is 13.4. The molecule has 10 heteroatoms. The second kappa shape index (κ2) is 9.95. The van der Waals surface area contributed by atoms with Crippen molar-refractivity contribution >= 4 is 33.2 Å². The first-order valence-corrected chi connectivity index (χ1v) is 11.8. The maximum Gasteiger partial charge on any atom is 0.243 e. The number of carbonyl (C=O) groups excluding carboxylic acids is 1. The zero-order chi connectivity index (χ0) is 22.6. The third-order valence-corrected chi connectivity index (χ3v) is 7.36. The number of rotatable bonds is 7. The van der Waals surface area contributed by atoms with Gasteiger partial charge in [-0.2, -0.15) is 4.31 Å². The molecule has 2 aromatic rings. The molecular weight excluding hydrogens is 445 g/mol. The van der Waals surface area contributed by atoms with E-state index in [1.807, 2.05) is 24.0 Å². The molecule has 1 aliphatic heterocycles. The fraction of sp³-hybridized carbons (Fsp3) is 0.381. The minimum atomic E-state index is -3.79. The lowest BCUT2D eigenvalue weighted by Gasteiger charge is -2.36. The Morgan fingerprint density at radius 2 is 1.87 bits per heavy atom. The molecule has 0 spiro atoms. The summed E-state index contributed by atoms with van der Waals surface area (Å²) in [5.41, 5.74) is 0.593. The molecule has 1 unspecified atom stereocenters. The molecule has 0 bridgehead atoms. The first-order chi connectivity index (χ1) is 14.7. The van der Waals surface area contributed by atoms with E-state index in [4.69, 9.17) is 16.3 Å². The minimum Gasteiger partial charge on any atom is -0.492 e. The van der Waals surface area contributed by atoms with Gasteiger partial charge in [-0.1, -0.05) is 23.7 Å². The topological polar surface area (TPSA) is 79.0 Å². The highest BCUT2D eigenvalue weighted by molar-refractivity contribution is 7.89. The van der Waals surface area contributed by atoms with E-state index in [2.05, 4.69) is 5.32 Å². The summed E-state index contributed by atoms with van der Waals surface area (Å²) >= 11 is 5.74. The molecule has 31 heavy (non-hydrogen) atoms. The van der Waals surface area contributed by atoms with Crippen LogP contribution in [0.3, 0.4) is 0 Å². The fourth-order valence-corrected chi connectivity index (χ4v) is 5.07. The van der Waals surface area contributed by atoms with Gasteiger partial charge in [0.1, 0.15) is 11.6 Å². The van der Waals surface area contributed by atoms with E-state index in [1.54, 1.807) is 19.1 Å². The summed E-state index contributed by atoms with van der Waals surface area (Å²) in [5, 5.41) is 2.65. The standard InChI is InChI=1S/C21H25ClFN3O4S/c1-3-30-20-7-5-4-6-19(20)24-21(27)15(2)25-10-12-26(13-11-25)31(28,29)16-8-9-18(23)17(22)14-16/h4-9,14-15H,3,10-13H2,1-2H3,(H,24,27). The van der Waals surface area contributed by atoms with Crippen molar-refractivity contribution in [3.8, 4) is 5.75 Å². The zero-order valence-corrected chi connectivity index (χ0v) is 18.9. The highest BCUT2D eigenvalue weighted by atomic mass is 35.5. The summed E-state index contributed by atoms with van der Waals surface area (Å²) < 4.78 is 45.9. The van der Waals surface area contributed by atoms with Gasteiger partial charge in [0.15, 0.2) is 0 Å². The summed E-state index contributed by atoms with van der Waals surface area (Å²) in [6.45, 7) is 5.33. The van der Waals surface area contributed by atoms with Crippen LogP contribution < -0.4 is 10.1 Å². The minimum absolute atomic E-state index is 0.0503. The lowest BCUT2D eigenvalue weighted by atomic mass is 10.2. The van der Waals surface area contributed by atoms with Crippen LogP contribution in [0.1, 0.15) is 13.8 Å². The van der Waals surface area contributed by atoms with Gasteiger partial charge in [-0.05, 0) is 44.2 Å². The molecule has 0 aromatic heterocycles. The van der Waals surface area contributed by atoms with Gasteiger partial charge in [-0.25, -0.2) is 12.8 Å². The first kappa shape index (κ1) is 23.5. The number of nitrogens with zero attached hydrogens (tertiary/aromatic N) is 2. The molecule has 168 valence electrons. The molecular formula is C21H25ClFN3O4S. The second-order valence-corrected chi connectivity index (χ2v) is 9.46. The molecule has 1 fully saturated rings. The molecule has 1 aliphatic rings. The van der Waals surface area contributed by atoms with Crippen LogP contribution in [-0.2, 0) is 14.8 Å². The molecule has 1 amide bonds. The summed E-state index contributed by atoms with van der Waals surface area (Å²) in [7, 11) is -3.79. The van der Waals surface area contributed by atoms with Crippen molar-refractivity contribution in [1.82, 2.24) is 9.21 Å². The number of carbonyl (C=O) groups is 1. The molecule has 0 aliphatic carbocycles. The number of anilines is 1. The number of sulfonamides is 1. The number of hydrogen-bond donors (Lipinski definition) is 1. The van der Waals surface area contributed by atoms with E-state index in [1.165, 1.54) is 10.4 Å². The quantitative estimate of drug-likeness (QED) is 0.673. The van der Waals surface area contributed by atoms with Crippen molar-refractivity contribution in [3.63, 3.8) is 0 Å². The number of amides is 1. The van der Waals surface area contributed by atoms with Crippen molar-refractivity contribution in [2.75, 3.05) is 38.1 Å². The van der Waals surface area contributed by atoms with Crippen LogP contribution in [0, 0.1) is 5.82 Å². The second-order valence-electron chi connectivity index (χ2n) is 7.11. The van der Waals surface area contributed by atoms with Crippen LogP contribution in [0.4, 0.5) is 10.1 Å². The van der Waals surface area contributed by atoms with Gasteiger partial charge >= 0.3 is 0 Å². The molecule has 3 rings (SSSR count). The van der Waals surface area contributed by atoms with E-state index < -0.39 is 21.9 Å². The van der Waals surface area contributed by atoms with Crippen molar-refractivity contribution < 1.29 is 22.3 Å². The van der Waals surface area contributed by atoms with Gasteiger partial charge in [0.25, 0.3) is 0 Å². The Morgan fingerprint density at radius 3 is 2.52 bits per heavy atom. The van der Waals surface area contributed by atoms with Gasteiger partial charge < -0.3 is 10.1 Å². The largest absolute Gasteiger partial charge is 0.492 e. The monoisotopic (exact) mass is 469 g/mol. The lowest BCUT2D eigenvalue weighted by Crippen LogP contribution is -2.53. The molecule has 0 radical (unpaired) electrons. The Labute approximate surface area is 186 Å². The number of nitrogens with one attached hydrogen (secondary N) is 1. The van der Waals surface area contributed by atoms with E-state index in [9.17, 15) is 17.6 Å². The van der Waals surface area contributed by atoms with Crippen LogP contribution in [-0.4, -0.2) is 62.4 Å². The lowest BCUT2D eigenvalue weighted by molar-refractivity contribution is -0.121. The number of ether oxygens (including phenoxy) is 1. The number of benzene rings is 2. The third kappa shape index (κ3) is 5.35. The predicted molar refractivity (Wildman–Crippen MR) is 117 cm³/mol. The summed E-state index contributed by atoms with van der Waals surface area (Å²) in [6.07, 6.45) is 0. The molecule has 1 saturated heterocycles. The van der Waals surface area contributed by atoms with Gasteiger partial charge in [-0.3, -0.25) is 9.69 Å². The molecule has 1 heterocycles. The maximum atomic E-state index is 13.4. The summed E-state index contributed by atoms with van der Waals surface area (Å²) in [5.74, 6) is -0.274. The average Bonchev–Trinajstić information content (AvgIpc) is 2.76.